The number of hydrogen-bond acceptors (Lipinski definition) is 3. The Hall–Kier alpha value is -3.55. The molecule has 34 heavy (non-hydrogen) atoms. The zero-order valence-electron chi connectivity index (χ0n) is 18.4. The van der Waals surface area contributed by atoms with Crippen molar-refractivity contribution in [1.29, 1.82) is 0 Å². The van der Waals surface area contributed by atoms with Crippen molar-refractivity contribution < 1.29 is 27.1 Å². The summed E-state index contributed by atoms with van der Waals surface area (Å²) in [6, 6.07) is 16.2. The molecule has 0 unspecified atom stereocenters. The molecule has 0 bridgehead atoms. The fraction of sp³-hybridized carbons (Fsp3) is 0.269. The molecule has 3 aromatic carbocycles. The average molecular weight is 472 g/mol. The molecule has 4 nitrogen and oxygen atoms in total. The van der Waals surface area contributed by atoms with Crippen LogP contribution in [0.15, 0.2) is 66.7 Å². The third kappa shape index (κ3) is 5.87. The van der Waals surface area contributed by atoms with E-state index in [4.69, 9.17) is 4.74 Å². The molecule has 1 amide bonds. The Morgan fingerprint density at radius 2 is 1.68 bits per heavy atom. The number of anilines is 1. The van der Waals surface area contributed by atoms with Crippen molar-refractivity contribution in [3.05, 3.63) is 94.8 Å². The number of nitrogens with zero attached hydrogens (tertiary/aromatic N) is 1. The van der Waals surface area contributed by atoms with E-state index in [2.05, 4.69) is 5.32 Å². The van der Waals surface area contributed by atoms with Crippen LogP contribution in [0.5, 0.6) is 5.75 Å². The number of alkyl halides is 3. The number of halogens is 4. The summed E-state index contributed by atoms with van der Waals surface area (Å²) in [6.07, 6.45) is -2.74. The summed E-state index contributed by atoms with van der Waals surface area (Å²) >= 11 is 0. The van der Waals surface area contributed by atoms with E-state index in [1.807, 2.05) is 12.1 Å². The monoisotopic (exact) mass is 472 g/mol. The molecule has 3 aromatic rings. The zero-order chi connectivity index (χ0) is 24.1. The van der Waals surface area contributed by atoms with Crippen molar-refractivity contribution in [1.82, 2.24) is 4.90 Å². The number of fused-ring (bicyclic) bond motifs is 1. The summed E-state index contributed by atoms with van der Waals surface area (Å²) < 4.78 is 57.7. The van der Waals surface area contributed by atoms with Gasteiger partial charge in [0.25, 0.3) is 0 Å². The van der Waals surface area contributed by atoms with Gasteiger partial charge in [-0.1, -0.05) is 36.4 Å². The molecule has 0 saturated heterocycles. The molecule has 0 radical (unpaired) electrons. The molecule has 0 fully saturated rings. The lowest BCUT2D eigenvalue weighted by Gasteiger charge is -2.25. The summed E-state index contributed by atoms with van der Waals surface area (Å²) in [5.74, 6) is 0.0625. The van der Waals surface area contributed by atoms with Crippen LogP contribution in [0.25, 0.3) is 0 Å². The molecule has 0 saturated carbocycles. The highest BCUT2D eigenvalue weighted by atomic mass is 19.4. The summed E-state index contributed by atoms with van der Waals surface area (Å²) in [6.45, 7) is 1.09. The summed E-state index contributed by atoms with van der Waals surface area (Å²) in [5, 5.41) is 3.27. The van der Waals surface area contributed by atoms with Gasteiger partial charge in [-0.3, -0.25) is 0 Å². The van der Waals surface area contributed by atoms with E-state index in [1.165, 1.54) is 29.2 Å². The second-order valence-electron chi connectivity index (χ2n) is 8.18. The van der Waals surface area contributed by atoms with Crippen LogP contribution in [-0.2, 0) is 25.6 Å². The molecule has 1 aliphatic heterocycles. The molecule has 4 rings (SSSR count). The quantitative estimate of drug-likeness (QED) is 0.420. The van der Waals surface area contributed by atoms with Gasteiger partial charge in [-0.2, -0.15) is 13.2 Å². The number of amides is 1. The minimum Gasteiger partial charge on any atom is -0.408 e. The third-order valence-corrected chi connectivity index (χ3v) is 5.73. The lowest BCUT2D eigenvalue weighted by molar-refractivity contribution is -0.137. The van der Waals surface area contributed by atoms with Crippen molar-refractivity contribution >= 4 is 11.8 Å². The van der Waals surface area contributed by atoms with Crippen molar-refractivity contribution in [2.45, 2.75) is 32.0 Å². The minimum absolute atomic E-state index is 0.0701. The molecule has 178 valence electrons. The van der Waals surface area contributed by atoms with E-state index in [0.717, 1.165) is 48.3 Å². The number of para-hydroxylation sites is 1. The predicted molar refractivity (Wildman–Crippen MR) is 121 cm³/mol. The number of ether oxygens (including phenoxy) is 1. The smallest absolute Gasteiger partial charge is 0.408 e. The Kier molecular flexibility index (Phi) is 7.05. The minimum atomic E-state index is -4.43. The molecule has 0 aliphatic carbocycles. The second-order valence-corrected chi connectivity index (χ2v) is 8.18. The fourth-order valence-electron chi connectivity index (χ4n) is 3.89. The van der Waals surface area contributed by atoms with Crippen LogP contribution in [-0.4, -0.2) is 24.1 Å². The highest BCUT2D eigenvalue weighted by Gasteiger charge is 2.30. The van der Waals surface area contributed by atoms with Crippen LogP contribution in [0.1, 0.15) is 28.7 Å². The molecule has 0 atom stereocenters. The summed E-state index contributed by atoms with van der Waals surface area (Å²) in [5.41, 5.74) is 2.47. The molecule has 1 heterocycles. The lowest BCUT2D eigenvalue weighted by atomic mass is 10.0. The van der Waals surface area contributed by atoms with E-state index in [-0.39, 0.29) is 18.9 Å². The van der Waals surface area contributed by atoms with Crippen LogP contribution >= 0.6 is 0 Å². The van der Waals surface area contributed by atoms with E-state index < -0.39 is 17.8 Å². The Labute approximate surface area is 195 Å². The first-order valence-electron chi connectivity index (χ1n) is 11.0. The normalized spacial score (nSPS) is 13.1. The van der Waals surface area contributed by atoms with Crippen LogP contribution in [0.3, 0.4) is 0 Å². The Morgan fingerprint density at radius 3 is 2.38 bits per heavy atom. The van der Waals surface area contributed by atoms with Crippen molar-refractivity contribution in [2.75, 3.05) is 18.4 Å². The first kappa shape index (κ1) is 23.6. The molecule has 0 aromatic heterocycles. The maximum absolute atomic E-state index is 13.2. The number of rotatable bonds is 6. The number of carbonyl (C=O) groups excluding carboxylic acids is 1. The maximum Gasteiger partial charge on any atom is 0.416 e. The first-order valence-corrected chi connectivity index (χ1v) is 11.0. The van der Waals surface area contributed by atoms with Crippen molar-refractivity contribution in [3.8, 4) is 5.75 Å². The maximum atomic E-state index is 13.2. The Morgan fingerprint density at radius 1 is 0.971 bits per heavy atom. The number of hydrogen-bond donors (Lipinski definition) is 1. The van der Waals surface area contributed by atoms with Gasteiger partial charge in [-0.15, -0.1) is 0 Å². The van der Waals surface area contributed by atoms with Gasteiger partial charge in [0.15, 0.2) is 5.75 Å². The number of aryl methyl sites for hydroxylation is 1. The Balaban J connectivity index is 1.52. The second kappa shape index (κ2) is 10.2. The highest BCUT2D eigenvalue weighted by molar-refractivity contribution is 5.75. The van der Waals surface area contributed by atoms with E-state index in [9.17, 15) is 22.4 Å². The highest BCUT2D eigenvalue weighted by Crippen LogP contribution is 2.33. The van der Waals surface area contributed by atoms with Gasteiger partial charge in [-0.05, 0) is 66.3 Å². The molecule has 1 aliphatic rings. The van der Waals surface area contributed by atoms with Crippen LogP contribution in [0.2, 0.25) is 0 Å². The molecular weight excluding hydrogens is 448 g/mol. The first-order chi connectivity index (χ1) is 16.3. The van der Waals surface area contributed by atoms with Crippen LogP contribution in [0.4, 0.5) is 28.0 Å². The van der Waals surface area contributed by atoms with Gasteiger partial charge in [0, 0.05) is 19.6 Å². The largest absolute Gasteiger partial charge is 0.416 e. The lowest BCUT2D eigenvalue weighted by Crippen LogP contribution is -2.35. The van der Waals surface area contributed by atoms with Gasteiger partial charge < -0.3 is 15.0 Å². The van der Waals surface area contributed by atoms with Crippen molar-refractivity contribution in [2.24, 2.45) is 0 Å². The SMILES string of the molecule is O=C(Oc1cccc2c1NCCC2)N(CCc1ccc(F)cc1)Cc1ccc(C(F)(F)F)cc1. The predicted octanol–water partition coefficient (Wildman–Crippen LogP) is 6.45. The number of nitrogens with one attached hydrogen (secondary N) is 1. The molecule has 1 N–H and O–H groups in total. The summed E-state index contributed by atoms with van der Waals surface area (Å²) in [7, 11) is 0. The third-order valence-electron chi connectivity index (χ3n) is 5.73. The number of carbonyl (C=O) groups is 1. The fourth-order valence-corrected chi connectivity index (χ4v) is 3.89. The molecular formula is C26H24F4N2O2. The van der Waals surface area contributed by atoms with Crippen LogP contribution < -0.4 is 10.1 Å². The van der Waals surface area contributed by atoms with E-state index >= 15 is 0 Å². The van der Waals surface area contributed by atoms with Crippen molar-refractivity contribution in [3.63, 3.8) is 0 Å². The van der Waals surface area contributed by atoms with Gasteiger partial charge in [0.05, 0.1) is 11.3 Å². The van der Waals surface area contributed by atoms with Gasteiger partial charge in [0.1, 0.15) is 5.82 Å². The van der Waals surface area contributed by atoms with E-state index in [0.29, 0.717) is 17.7 Å². The average Bonchev–Trinajstić information content (AvgIpc) is 2.82. The molecule has 0 spiro atoms. The number of benzene rings is 3. The van der Waals surface area contributed by atoms with Gasteiger partial charge in [0.2, 0.25) is 0 Å². The standard InChI is InChI=1S/C26H24F4N2O2/c27-22-12-8-18(9-13-22)14-16-32(17-19-6-10-21(11-7-19)26(28,29)30)25(33)34-23-5-1-3-20-4-2-15-31-24(20)23/h1,3,5-13,31H,2,4,14-17H2. The zero-order valence-corrected chi connectivity index (χ0v) is 18.4. The van der Waals surface area contributed by atoms with Gasteiger partial charge >= 0.3 is 12.3 Å². The summed E-state index contributed by atoms with van der Waals surface area (Å²) in [4.78, 5) is 14.6. The topological polar surface area (TPSA) is 41.6 Å². The van der Waals surface area contributed by atoms with E-state index in [1.54, 1.807) is 18.2 Å². The van der Waals surface area contributed by atoms with Crippen LogP contribution in [0, 0.1) is 5.82 Å². The van der Waals surface area contributed by atoms with Gasteiger partial charge in [-0.25, -0.2) is 9.18 Å². The molecule has 8 heteroatoms. The Bertz CT molecular complexity index is 1130.